The fraction of sp³-hybridized carbons (Fsp3) is 0.333. The standard InChI is InChI=1S/C21H24N2O3/c1-26-19-10-6-5-9-17(19)13-14-22-21(25)18-11-12-20(24)23(18)15-16-7-3-2-4-8-16/h2-10,18H,11-15H2,1H3,(H,22,25). The van der Waals surface area contributed by atoms with Crippen LogP contribution in [0, 0.1) is 0 Å². The molecule has 136 valence electrons. The molecule has 2 aromatic carbocycles. The lowest BCUT2D eigenvalue weighted by atomic mass is 10.1. The highest BCUT2D eigenvalue weighted by molar-refractivity contribution is 5.90. The summed E-state index contributed by atoms with van der Waals surface area (Å²) < 4.78 is 5.33. The first kappa shape index (κ1) is 18.0. The summed E-state index contributed by atoms with van der Waals surface area (Å²) in [6.45, 7) is 0.993. The van der Waals surface area contributed by atoms with E-state index in [9.17, 15) is 9.59 Å². The molecular weight excluding hydrogens is 328 g/mol. The van der Waals surface area contributed by atoms with Gasteiger partial charge in [-0.15, -0.1) is 0 Å². The molecule has 1 N–H and O–H groups in total. The van der Waals surface area contributed by atoms with E-state index >= 15 is 0 Å². The number of rotatable bonds is 7. The summed E-state index contributed by atoms with van der Waals surface area (Å²) >= 11 is 0. The molecule has 0 radical (unpaired) electrons. The van der Waals surface area contributed by atoms with Gasteiger partial charge in [-0.3, -0.25) is 9.59 Å². The Labute approximate surface area is 154 Å². The molecule has 26 heavy (non-hydrogen) atoms. The second-order valence-corrected chi connectivity index (χ2v) is 6.41. The third-order valence-electron chi connectivity index (χ3n) is 4.71. The molecule has 2 amide bonds. The SMILES string of the molecule is COc1ccccc1CCNC(=O)C1CCC(=O)N1Cc1ccccc1. The van der Waals surface area contributed by atoms with Crippen LogP contribution in [0.15, 0.2) is 54.6 Å². The molecule has 5 heteroatoms. The monoisotopic (exact) mass is 352 g/mol. The zero-order chi connectivity index (χ0) is 18.4. The molecule has 0 saturated carbocycles. The minimum Gasteiger partial charge on any atom is -0.496 e. The van der Waals surface area contributed by atoms with E-state index in [-0.39, 0.29) is 17.9 Å². The van der Waals surface area contributed by atoms with Crippen molar-refractivity contribution in [3.63, 3.8) is 0 Å². The highest BCUT2D eigenvalue weighted by Gasteiger charge is 2.35. The number of amides is 2. The highest BCUT2D eigenvalue weighted by atomic mass is 16.5. The van der Waals surface area contributed by atoms with Gasteiger partial charge in [-0.1, -0.05) is 48.5 Å². The number of hydrogen-bond donors (Lipinski definition) is 1. The fourth-order valence-electron chi connectivity index (χ4n) is 3.33. The van der Waals surface area contributed by atoms with Gasteiger partial charge in [0, 0.05) is 19.5 Å². The van der Waals surface area contributed by atoms with Gasteiger partial charge in [-0.2, -0.15) is 0 Å². The van der Waals surface area contributed by atoms with E-state index in [1.165, 1.54) is 0 Å². The van der Waals surface area contributed by atoms with Gasteiger partial charge in [0.15, 0.2) is 0 Å². The lowest BCUT2D eigenvalue weighted by molar-refractivity contribution is -0.135. The molecule has 1 fully saturated rings. The molecule has 0 aromatic heterocycles. The van der Waals surface area contributed by atoms with Crippen LogP contribution in [-0.2, 0) is 22.6 Å². The van der Waals surface area contributed by atoms with Gasteiger partial charge in [0.25, 0.3) is 0 Å². The quantitative estimate of drug-likeness (QED) is 0.833. The number of benzene rings is 2. The number of hydrogen-bond acceptors (Lipinski definition) is 3. The molecule has 3 rings (SSSR count). The molecule has 0 aliphatic carbocycles. The van der Waals surface area contributed by atoms with Crippen molar-refractivity contribution >= 4 is 11.8 Å². The Kier molecular flexibility index (Phi) is 5.89. The molecule has 1 saturated heterocycles. The maximum atomic E-state index is 12.6. The van der Waals surface area contributed by atoms with Crippen molar-refractivity contribution in [1.82, 2.24) is 10.2 Å². The molecule has 0 spiro atoms. The van der Waals surface area contributed by atoms with Gasteiger partial charge < -0.3 is 15.0 Å². The Bertz CT molecular complexity index is 761. The van der Waals surface area contributed by atoms with Gasteiger partial charge >= 0.3 is 0 Å². The van der Waals surface area contributed by atoms with Crippen LogP contribution >= 0.6 is 0 Å². The Morgan fingerprint density at radius 2 is 1.88 bits per heavy atom. The second kappa shape index (κ2) is 8.52. The summed E-state index contributed by atoms with van der Waals surface area (Å²) in [6, 6.07) is 17.2. The number of likely N-dealkylation sites (tertiary alicyclic amines) is 1. The van der Waals surface area contributed by atoms with Crippen LogP contribution < -0.4 is 10.1 Å². The first-order chi connectivity index (χ1) is 12.7. The van der Waals surface area contributed by atoms with Crippen LogP contribution in [0.5, 0.6) is 5.75 Å². The van der Waals surface area contributed by atoms with E-state index in [2.05, 4.69) is 5.32 Å². The lowest BCUT2D eigenvalue weighted by Crippen LogP contribution is -2.44. The van der Waals surface area contributed by atoms with Gasteiger partial charge in [-0.05, 0) is 30.0 Å². The molecule has 1 atom stereocenters. The molecule has 5 nitrogen and oxygen atoms in total. The number of nitrogens with one attached hydrogen (secondary N) is 1. The van der Waals surface area contributed by atoms with E-state index in [1.54, 1.807) is 12.0 Å². The van der Waals surface area contributed by atoms with Crippen LogP contribution in [0.25, 0.3) is 0 Å². The largest absolute Gasteiger partial charge is 0.496 e. The van der Waals surface area contributed by atoms with E-state index in [0.717, 1.165) is 16.9 Å². The summed E-state index contributed by atoms with van der Waals surface area (Å²) in [5.41, 5.74) is 2.09. The van der Waals surface area contributed by atoms with Crippen molar-refractivity contribution in [3.8, 4) is 5.75 Å². The number of carbonyl (C=O) groups excluding carboxylic acids is 2. The highest BCUT2D eigenvalue weighted by Crippen LogP contribution is 2.22. The topological polar surface area (TPSA) is 58.6 Å². The molecule has 1 aliphatic rings. The smallest absolute Gasteiger partial charge is 0.242 e. The minimum atomic E-state index is -0.389. The number of nitrogens with zero attached hydrogens (tertiary/aromatic N) is 1. The molecule has 1 heterocycles. The van der Waals surface area contributed by atoms with Crippen molar-refractivity contribution in [3.05, 3.63) is 65.7 Å². The van der Waals surface area contributed by atoms with E-state index < -0.39 is 0 Å². The number of ether oxygens (including phenoxy) is 1. The van der Waals surface area contributed by atoms with Crippen LogP contribution in [0.1, 0.15) is 24.0 Å². The van der Waals surface area contributed by atoms with Crippen molar-refractivity contribution in [2.24, 2.45) is 0 Å². The molecular formula is C21H24N2O3. The third-order valence-corrected chi connectivity index (χ3v) is 4.71. The number of methoxy groups -OCH3 is 1. The number of para-hydroxylation sites is 1. The zero-order valence-electron chi connectivity index (χ0n) is 15.0. The summed E-state index contributed by atoms with van der Waals surface area (Å²) in [6.07, 6.45) is 1.69. The summed E-state index contributed by atoms with van der Waals surface area (Å²) in [5, 5.41) is 2.97. The van der Waals surface area contributed by atoms with Gasteiger partial charge in [-0.25, -0.2) is 0 Å². The maximum Gasteiger partial charge on any atom is 0.242 e. The average molecular weight is 352 g/mol. The summed E-state index contributed by atoms with van der Waals surface area (Å²) in [7, 11) is 1.64. The van der Waals surface area contributed by atoms with Gasteiger partial charge in [0.05, 0.1) is 7.11 Å². The van der Waals surface area contributed by atoms with Gasteiger partial charge in [0.2, 0.25) is 11.8 Å². The lowest BCUT2D eigenvalue weighted by Gasteiger charge is -2.24. The molecule has 1 aliphatic heterocycles. The third kappa shape index (κ3) is 4.23. The van der Waals surface area contributed by atoms with Crippen LogP contribution in [0.2, 0.25) is 0 Å². The Hall–Kier alpha value is -2.82. The first-order valence-corrected chi connectivity index (χ1v) is 8.92. The van der Waals surface area contributed by atoms with Crippen LogP contribution in [0.4, 0.5) is 0 Å². The second-order valence-electron chi connectivity index (χ2n) is 6.41. The minimum absolute atomic E-state index is 0.0405. The average Bonchev–Trinajstić information content (AvgIpc) is 3.03. The van der Waals surface area contributed by atoms with Crippen LogP contribution in [-0.4, -0.2) is 36.4 Å². The predicted octanol–water partition coefficient (Wildman–Crippen LogP) is 2.55. The first-order valence-electron chi connectivity index (χ1n) is 8.92. The Balaban J connectivity index is 1.57. The van der Waals surface area contributed by atoms with Crippen molar-refractivity contribution in [2.75, 3.05) is 13.7 Å². The van der Waals surface area contributed by atoms with E-state index in [4.69, 9.17) is 4.74 Å². The summed E-state index contributed by atoms with van der Waals surface area (Å²) in [5.74, 6) is 0.781. The van der Waals surface area contributed by atoms with Crippen molar-refractivity contribution < 1.29 is 14.3 Å². The molecule has 1 unspecified atom stereocenters. The molecule has 0 bridgehead atoms. The Morgan fingerprint density at radius 1 is 1.15 bits per heavy atom. The predicted molar refractivity (Wildman–Crippen MR) is 99.7 cm³/mol. The van der Waals surface area contributed by atoms with Crippen LogP contribution in [0.3, 0.4) is 0 Å². The zero-order valence-corrected chi connectivity index (χ0v) is 15.0. The Morgan fingerprint density at radius 3 is 2.65 bits per heavy atom. The van der Waals surface area contributed by atoms with E-state index in [1.807, 2.05) is 54.6 Å². The fourth-order valence-corrected chi connectivity index (χ4v) is 3.33. The number of carbonyl (C=O) groups is 2. The van der Waals surface area contributed by atoms with Gasteiger partial charge in [0.1, 0.15) is 11.8 Å². The van der Waals surface area contributed by atoms with Crippen molar-refractivity contribution in [2.45, 2.75) is 31.8 Å². The normalized spacial score (nSPS) is 16.6. The van der Waals surface area contributed by atoms with E-state index in [0.29, 0.717) is 32.4 Å². The maximum absolute atomic E-state index is 12.6. The molecule has 2 aromatic rings. The van der Waals surface area contributed by atoms with Crippen molar-refractivity contribution in [1.29, 1.82) is 0 Å². The summed E-state index contributed by atoms with van der Waals surface area (Å²) in [4.78, 5) is 26.5.